The lowest BCUT2D eigenvalue weighted by Crippen LogP contribution is -2.46. The van der Waals surface area contributed by atoms with Crippen LogP contribution < -0.4 is 10.2 Å². The number of nitrogens with zero attached hydrogens (tertiary/aromatic N) is 1. The van der Waals surface area contributed by atoms with E-state index in [0.717, 1.165) is 32.4 Å². The maximum Gasteiger partial charge on any atom is 0.0613 e. The zero-order valence-electron chi connectivity index (χ0n) is 12.2. The molecule has 0 bridgehead atoms. The lowest BCUT2D eigenvalue weighted by atomic mass is 9.91. The molecule has 0 saturated heterocycles. The molecule has 1 aromatic carbocycles. The minimum Gasteiger partial charge on any atom is -0.394 e. The molecule has 106 valence electrons. The van der Waals surface area contributed by atoms with Crippen LogP contribution in [0.3, 0.4) is 0 Å². The zero-order valence-corrected chi connectivity index (χ0v) is 12.2. The summed E-state index contributed by atoms with van der Waals surface area (Å²) in [6, 6.07) is 8.69. The van der Waals surface area contributed by atoms with Crippen LogP contribution in [0.4, 0.5) is 5.69 Å². The third kappa shape index (κ3) is 3.10. The number of nitrogens with one attached hydrogen (secondary N) is 1. The number of para-hydroxylation sites is 1. The lowest BCUT2D eigenvalue weighted by molar-refractivity contribution is 0.153. The molecular formula is C16H26N2O. The molecule has 0 saturated carbocycles. The van der Waals surface area contributed by atoms with Gasteiger partial charge in [-0.3, -0.25) is 0 Å². The summed E-state index contributed by atoms with van der Waals surface area (Å²) in [4.78, 5) is 2.47. The van der Waals surface area contributed by atoms with E-state index < -0.39 is 0 Å². The van der Waals surface area contributed by atoms with E-state index in [4.69, 9.17) is 0 Å². The lowest BCUT2D eigenvalue weighted by Gasteiger charge is -2.31. The van der Waals surface area contributed by atoms with Crippen LogP contribution in [0, 0.1) is 0 Å². The second kappa shape index (κ2) is 6.40. The second-order valence-electron chi connectivity index (χ2n) is 5.51. The van der Waals surface area contributed by atoms with Crippen molar-refractivity contribution in [2.75, 3.05) is 31.6 Å². The molecular weight excluding hydrogens is 236 g/mol. The Morgan fingerprint density at radius 2 is 2.16 bits per heavy atom. The average molecular weight is 262 g/mol. The summed E-state index contributed by atoms with van der Waals surface area (Å²) in [7, 11) is 1.95. The molecule has 19 heavy (non-hydrogen) atoms. The van der Waals surface area contributed by atoms with E-state index in [2.05, 4.69) is 41.4 Å². The molecule has 3 nitrogen and oxygen atoms in total. The predicted molar refractivity (Wildman–Crippen MR) is 80.8 cm³/mol. The highest BCUT2D eigenvalue weighted by Crippen LogP contribution is 2.28. The van der Waals surface area contributed by atoms with Gasteiger partial charge in [0.25, 0.3) is 0 Å². The smallest absolute Gasteiger partial charge is 0.0613 e. The monoisotopic (exact) mass is 262 g/mol. The fourth-order valence-electron chi connectivity index (χ4n) is 3.00. The molecule has 1 aliphatic rings. The molecule has 1 aromatic rings. The van der Waals surface area contributed by atoms with E-state index in [1.807, 2.05) is 7.05 Å². The standard InChI is InChI=1S/C16H26N2O/c1-3-16(13-19,17-2)10-6-11-18-12-9-14-7-4-5-8-15(14)18/h4-5,7-8,17,19H,3,6,9-13H2,1-2H3. The van der Waals surface area contributed by atoms with Gasteiger partial charge in [0, 0.05) is 24.3 Å². The number of hydrogen-bond donors (Lipinski definition) is 2. The predicted octanol–water partition coefficient (Wildman–Crippen LogP) is 2.19. The van der Waals surface area contributed by atoms with Gasteiger partial charge in [-0.1, -0.05) is 25.1 Å². The minimum atomic E-state index is -0.0980. The van der Waals surface area contributed by atoms with Crippen molar-refractivity contribution >= 4 is 5.69 Å². The largest absolute Gasteiger partial charge is 0.394 e. The number of anilines is 1. The molecule has 1 aliphatic heterocycles. The number of aliphatic hydroxyl groups excluding tert-OH is 1. The molecule has 1 unspecified atom stereocenters. The zero-order chi connectivity index (χ0) is 13.7. The van der Waals surface area contributed by atoms with Crippen LogP contribution in [0.2, 0.25) is 0 Å². The van der Waals surface area contributed by atoms with Crippen LogP contribution in [-0.2, 0) is 6.42 Å². The fourth-order valence-corrected chi connectivity index (χ4v) is 3.00. The highest BCUT2D eigenvalue weighted by molar-refractivity contribution is 5.57. The third-order valence-corrected chi connectivity index (χ3v) is 4.58. The van der Waals surface area contributed by atoms with E-state index in [-0.39, 0.29) is 12.1 Å². The van der Waals surface area contributed by atoms with Crippen molar-refractivity contribution in [1.82, 2.24) is 5.32 Å². The van der Waals surface area contributed by atoms with Crippen LogP contribution in [0.15, 0.2) is 24.3 Å². The topological polar surface area (TPSA) is 35.5 Å². The van der Waals surface area contributed by atoms with Crippen LogP contribution >= 0.6 is 0 Å². The van der Waals surface area contributed by atoms with Gasteiger partial charge in [0.05, 0.1) is 6.61 Å². The summed E-state index contributed by atoms with van der Waals surface area (Å²) in [6.45, 7) is 4.58. The molecule has 0 spiro atoms. The highest BCUT2D eigenvalue weighted by Gasteiger charge is 2.25. The first-order chi connectivity index (χ1) is 9.24. The molecule has 0 amide bonds. The maximum atomic E-state index is 9.55. The Balaban J connectivity index is 1.87. The van der Waals surface area contributed by atoms with E-state index in [1.54, 1.807) is 0 Å². The molecule has 3 heteroatoms. The molecule has 0 radical (unpaired) electrons. The van der Waals surface area contributed by atoms with Gasteiger partial charge in [0.15, 0.2) is 0 Å². The van der Waals surface area contributed by atoms with E-state index in [1.165, 1.54) is 17.7 Å². The fraction of sp³-hybridized carbons (Fsp3) is 0.625. The van der Waals surface area contributed by atoms with Crippen LogP contribution in [0.25, 0.3) is 0 Å². The Kier molecular flexibility index (Phi) is 4.83. The summed E-state index contributed by atoms with van der Waals surface area (Å²) >= 11 is 0. The van der Waals surface area contributed by atoms with Gasteiger partial charge in [-0.2, -0.15) is 0 Å². The van der Waals surface area contributed by atoms with Crippen molar-refractivity contribution in [2.24, 2.45) is 0 Å². The van der Waals surface area contributed by atoms with Crippen molar-refractivity contribution in [3.63, 3.8) is 0 Å². The first kappa shape index (κ1) is 14.4. The Hall–Kier alpha value is -1.06. The molecule has 2 N–H and O–H groups in total. The second-order valence-corrected chi connectivity index (χ2v) is 5.51. The highest BCUT2D eigenvalue weighted by atomic mass is 16.3. The van der Waals surface area contributed by atoms with E-state index >= 15 is 0 Å². The van der Waals surface area contributed by atoms with Crippen molar-refractivity contribution in [2.45, 2.75) is 38.1 Å². The first-order valence-electron chi connectivity index (χ1n) is 7.37. The van der Waals surface area contributed by atoms with Gasteiger partial charge in [-0.25, -0.2) is 0 Å². The van der Waals surface area contributed by atoms with Gasteiger partial charge >= 0.3 is 0 Å². The Morgan fingerprint density at radius 3 is 2.84 bits per heavy atom. The van der Waals surface area contributed by atoms with Crippen molar-refractivity contribution < 1.29 is 5.11 Å². The third-order valence-electron chi connectivity index (χ3n) is 4.58. The van der Waals surface area contributed by atoms with Gasteiger partial charge in [-0.15, -0.1) is 0 Å². The summed E-state index contributed by atoms with van der Waals surface area (Å²) in [6.07, 6.45) is 4.27. The number of fused-ring (bicyclic) bond motifs is 1. The SMILES string of the molecule is CCC(CO)(CCCN1CCc2ccccc21)NC. The quantitative estimate of drug-likeness (QED) is 0.790. The normalized spacial score (nSPS) is 17.3. The Bertz CT molecular complexity index is 393. The Morgan fingerprint density at radius 1 is 1.37 bits per heavy atom. The van der Waals surface area contributed by atoms with Crippen LogP contribution in [0.5, 0.6) is 0 Å². The van der Waals surface area contributed by atoms with Crippen molar-refractivity contribution in [3.8, 4) is 0 Å². The van der Waals surface area contributed by atoms with Crippen molar-refractivity contribution in [1.29, 1.82) is 0 Å². The van der Waals surface area contributed by atoms with Crippen LogP contribution in [-0.4, -0.2) is 37.4 Å². The van der Waals surface area contributed by atoms with Gasteiger partial charge in [0.2, 0.25) is 0 Å². The number of benzene rings is 1. The number of rotatable bonds is 7. The van der Waals surface area contributed by atoms with Crippen molar-refractivity contribution in [3.05, 3.63) is 29.8 Å². The van der Waals surface area contributed by atoms with Crippen LogP contribution in [0.1, 0.15) is 31.7 Å². The number of aliphatic hydroxyl groups is 1. The molecule has 1 heterocycles. The molecule has 0 aromatic heterocycles. The minimum absolute atomic E-state index is 0.0980. The van der Waals surface area contributed by atoms with Gasteiger partial charge in [0.1, 0.15) is 0 Å². The van der Waals surface area contributed by atoms with E-state index in [0.29, 0.717) is 0 Å². The summed E-state index contributed by atoms with van der Waals surface area (Å²) < 4.78 is 0. The Labute approximate surface area is 116 Å². The molecule has 1 atom stereocenters. The summed E-state index contributed by atoms with van der Waals surface area (Å²) in [5, 5.41) is 12.8. The van der Waals surface area contributed by atoms with Gasteiger partial charge < -0.3 is 15.3 Å². The molecule has 0 fully saturated rings. The molecule has 0 aliphatic carbocycles. The van der Waals surface area contributed by atoms with Gasteiger partial charge in [-0.05, 0) is 44.4 Å². The first-order valence-corrected chi connectivity index (χ1v) is 7.37. The average Bonchev–Trinajstić information content (AvgIpc) is 2.88. The number of likely N-dealkylation sites (N-methyl/N-ethyl adjacent to an activating group) is 1. The number of hydrogen-bond acceptors (Lipinski definition) is 3. The summed E-state index contributed by atoms with van der Waals surface area (Å²) in [5.41, 5.74) is 2.78. The maximum absolute atomic E-state index is 9.55. The summed E-state index contributed by atoms with van der Waals surface area (Å²) in [5.74, 6) is 0. The van der Waals surface area contributed by atoms with E-state index in [9.17, 15) is 5.11 Å². The molecule has 2 rings (SSSR count).